The molecule has 0 bridgehead atoms. The molecule has 0 saturated carbocycles. The predicted molar refractivity (Wildman–Crippen MR) is 96.7 cm³/mol. The standard InChI is InChI=1S/C16H27N3O3S2/c1-16(2,3)15(20)18-10-8-13-6-7-14(23-13)24(21,22)19-12-5-4-9-17-11-12/h6-7,12,17,19H,4-5,8-11H2,1-3H3,(H,18,20). The number of piperidine rings is 1. The highest BCUT2D eigenvalue weighted by molar-refractivity contribution is 7.91. The van der Waals surface area contributed by atoms with Crippen molar-refractivity contribution in [2.45, 2.75) is 50.3 Å². The fourth-order valence-corrected chi connectivity index (χ4v) is 5.07. The molecule has 0 radical (unpaired) electrons. The van der Waals surface area contributed by atoms with E-state index in [0.717, 1.165) is 24.3 Å². The number of rotatable bonds is 6. The molecule has 0 aliphatic carbocycles. The summed E-state index contributed by atoms with van der Waals surface area (Å²) in [4.78, 5) is 12.8. The molecule has 136 valence electrons. The second-order valence-corrected chi connectivity index (χ2v) is 10.3. The first-order chi connectivity index (χ1) is 11.2. The first kappa shape index (κ1) is 19.4. The molecule has 3 N–H and O–H groups in total. The molecule has 1 fully saturated rings. The van der Waals surface area contributed by atoms with Gasteiger partial charge in [0.1, 0.15) is 4.21 Å². The number of hydrogen-bond donors (Lipinski definition) is 3. The fraction of sp³-hybridized carbons (Fsp3) is 0.688. The molecule has 1 saturated heterocycles. The third kappa shape index (κ3) is 5.54. The van der Waals surface area contributed by atoms with Crippen LogP contribution in [-0.2, 0) is 21.2 Å². The van der Waals surface area contributed by atoms with Gasteiger partial charge in [-0.05, 0) is 37.9 Å². The molecule has 1 aliphatic rings. The minimum Gasteiger partial charge on any atom is -0.355 e. The van der Waals surface area contributed by atoms with Gasteiger partial charge in [0.25, 0.3) is 0 Å². The number of hydrogen-bond acceptors (Lipinski definition) is 5. The second-order valence-electron chi connectivity index (χ2n) is 7.14. The minimum atomic E-state index is -3.46. The smallest absolute Gasteiger partial charge is 0.250 e. The lowest BCUT2D eigenvalue weighted by Gasteiger charge is -2.23. The molecular weight excluding hydrogens is 346 g/mol. The van der Waals surface area contributed by atoms with Crippen molar-refractivity contribution in [3.05, 3.63) is 17.0 Å². The third-order valence-corrected chi connectivity index (χ3v) is 7.02. The van der Waals surface area contributed by atoms with Gasteiger partial charge in [-0.3, -0.25) is 4.79 Å². The van der Waals surface area contributed by atoms with Gasteiger partial charge in [-0.15, -0.1) is 11.3 Å². The maximum atomic E-state index is 12.4. The van der Waals surface area contributed by atoms with Crippen molar-refractivity contribution in [2.75, 3.05) is 19.6 Å². The molecule has 6 nitrogen and oxygen atoms in total. The Bertz CT molecular complexity index is 656. The molecule has 1 aromatic heterocycles. The van der Waals surface area contributed by atoms with E-state index in [2.05, 4.69) is 15.4 Å². The molecule has 2 heterocycles. The maximum Gasteiger partial charge on any atom is 0.250 e. The van der Waals surface area contributed by atoms with E-state index >= 15 is 0 Å². The molecule has 1 aliphatic heterocycles. The number of thiophene rings is 1. The predicted octanol–water partition coefficient (Wildman–Crippen LogP) is 1.48. The van der Waals surface area contributed by atoms with E-state index in [-0.39, 0.29) is 11.9 Å². The highest BCUT2D eigenvalue weighted by atomic mass is 32.2. The zero-order chi connectivity index (χ0) is 17.8. The van der Waals surface area contributed by atoms with Crippen LogP contribution in [0, 0.1) is 5.41 Å². The van der Waals surface area contributed by atoms with E-state index in [4.69, 9.17) is 0 Å². The molecule has 2 rings (SSSR count). The van der Waals surface area contributed by atoms with Crippen molar-refractivity contribution in [3.63, 3.8) is 0 Å². The van der Waals surface area contributed by atoms with Crippen LogP contribution >= 0.6 is 11.3 Å². The summed E-state index contributed by atoms with van der Waals surface area (Å²) in [5.41, 5.74) is -0.415. The number of carbonyl (C=O) groups excluding carboxylic acids is 1. The Kier molecular flexibility index (Phi) is 6.41. The Morgan fingerprint density at radius 3 is 2.75 bits per heavy atom. The molecule has 24 heavy (non-hydrogen) atoms. The summed E-state index contributed by atoms with van der Waals surface area (Å²) >= 11 is 1.27. The lowest BCUT2D eigenvalue weighted by molar-refractivity contribution is -0.128. The monoisotopic (exact) mass is 373 g/mol. The van der Waals surface area contributed by atoms with Gasteiger partial charge in [-0.1, -0.05) is 20.8 Å². The number of nitrogens with one attached hydrogen (secondary N) is 3. The molecule has 1 amide bonds. The van der Waals surface area contributed by atoms with Crippen LogP contribution in [0.15, 0.2) is 16.3 Å². The average Bonchev–Trinajstić information content (AvgIpc) is 2.96. The Balaban J connectivity index is 1.88. The van der Waals surface area contributed by atoms with E-state index in [1.54, 1.807) is 6.07 Å². The molecule has 0 spiro atoms. The number of sulfonamides is 1. The Morgan fingerprint density at radius 2 is 2.12 bits per heavy atom. The third-order valence-electron chi connectivity index (χ3n) is 3.86. The number of amides is 1. The van der Waals surface area contributed by atoms with E-state index in [1.807, 2.05) is 26.8 Å². The zero-order valence-electron chi connectivity index (χ0n) is 14.5. The summed E-state index contributed by atoms with van der Waals surface area (Å²) < 4.78 is 28.0. The Hall–Kier alpha value is -0.960. The van der Waals surface area contributed by atoms with Crippen LogP contribution in [0.5, 0.6) is 0 Å². The van der Waals surface area contributed by atoms with Crippen LogP contribution in [0.2, 0.25) is 0 Å². The summed E-state index contributed by atoms with van der Waals surface area (Å²) in [6.07, 6.45) is 2.48. The summed E-state index contributed by atoms with van der Waals surface area (Å²) in [7, 11) is -3.46. The van der Waals surface area contributed by atoms with Crippen molar-refractivity contribution < 1.29 is 13.2 Å². The first-order valence-corrected chi connectivity index (χ1v) is 10.6. The summed E-state index contributed by atoms with van der Waals surface area (Å²) in [6, 6.07) is 3.42. The summed E-state index contributed by atoms with van der Waals surface area (Å²) in [5.74, 6) is -0.00151. The maximum absolute atomic E-state index is 12.4. The van der Waals surface area contributed by atoms with Crippen LogP contribution < -0.4 is 15.4 Å². The van der Waals surface area contributed by atoms with Crippen LogP contribution in [-0.4, -0.2) is 40.0 Å². The fourth-order valence-electron chi connectivity index (χ4n) is 2.43. The lowest BCUT2D eigenvalue weighted by Crippen LogP contribution is -2.45. The highest BCUT2D eigenvalue weighted by Gasteiger charge is 2.23. The van der Waals surface area contributed by atoms with Crippen LogP contribution in [0.25, 0.3) is 0 Å². The number of carbonyl (C=O) groups is 1. The molecule has 0 aromatic carbocycles. The largest absolute Gasteiger partial charge is 0.355 e. The van der Waals surface area contributed by atoms with Gasteiger partial charge >= 0.3 is 0 Å². The Labute approximate surface area is 148 Å². The molecule has 1 unspecified atom stereocenters. The van der Waals surface area contributed by atoms with Crippen molar-refractivity contribution in [1.29, 1.82) is 0 Å². The molecule has 1 atom stereocenters. The SMILES string of the molecule is CC(C)(C)C(=O)NCCc1ccc(S(=O)(=O)NC2CCCNC2)s1. The quantitative estimate of drug-likeness (QED) is 0.705. The normalized spacial score (nSPS) is 19.2. The van der Waals surface area contributed by atoms with E-state index in [0.29, 0.717) is 23.7 Å². The lowest BCUT2D eigenvalue weighted by atomic mass is 9.96. The van der Waals surface area contributed by atoms with Crippen LogP contribution in [0.1, 0.15) is 38.5 Å². The van der Waals surface area contributed by atoms with Gasteiger partial charge in [0.2, 0.25) is 15.9 Å². The van der Waals surface area contributed by atoms with Gasteiger partial charge in [0.15, 0.2) is 0 Å². The second kappa shape index (κ2) is 7.95. The van der Waals surface area contributed by atoms with Crippen molar-refractivity contribution in [2.24, 2.45) is 5.41 Å². The van der Waals surface area contributed by atoms with E-state index in [1.165, 1.54) is 11.3 Å². The molecule has 8 heteroatoms. The van der Waals surface area contributed by atoms with E-state index < -0.39 is 15.4 Å². The minimum absolute atomic E-state index is 0.00151. The topological polar surface area (TPSA) is 87.3 Å². The van der Waals surface area contributed by atoms with Gasteiger partial charge in [0.05, 0.1) is 0 Å². The summed E-state index contributed by atoms with van der Waals surface area (Å²) in [6.45, 7) is 7.73. The van der Waals surface area contributed by atoms with Gasteiger partial charge in [-0.2, -0.15) is 0 Å². The van der Waals surface area contributed by atoms with Gasteiger partial charge < -0.3 is 10.6 Å². The first-order valence-electron chi connectivity index (χ1n) is 8.28. The van der Waals surface area contributed by atoms with Crippen molar-refractivity contribution in [3.8, 4) is 0 Å². The highest BCUT2D eigenvalue weighted by Crippen LogP contribution is 2.22. The Morgan fingerprint density at radius 1 is 1.38 bits per heavy atom. The van der Waals surface area contributed by atoms with Crippen molar-refractivity contribution in [1.82, 2.24) is 15.4 Å². The zero-order valence-corrected chi connectivity index (χ0v) is 16.1. The van der Waals surface area contributed by atoms with E-state index in [9.17, 15) is 13.2 Å². The van der Waals surface area contributed by atoms with Gasteiger partial charge in [0, 0.05) is 29.4 Å². The van der Waals surface area contributed by atoms with Crippen molar-refractivity contribution >= 4 is 27.3 Å². The summed E-state index contributed by atoms with van der Waals surface area (Å²) in [5, 5.41) is 6.08. The molecular formula is C16H27N3O3S2. The van der Waals surface area contributed by atoms with Gasteiger partial charge in [-0.25, -0.2) is 13.1 Å². The van der Waals surface area contributed by atoms with Crippen LogP contribution in [0.4, 0.5) is 0 Å². The molecule has 1 aromatic rings. The average molecular weight is 374 g/mol. The van der Waals surface area contributed by atoms with Crippen LogP contribution in [0.3, 0.4) is 0 Å².